The van der Waals surface area contributed by atoms with Gasteiger partial charge in [-0.2, -0.15) is 5.10 Å². The number of hydrogen-bond acceptors (Lipinski definition) is 2. The van der Waals surface area contributed by atoms with E-state index in [4.69, 9.17) is 5.73 Å². The van der Waals surface area contributed by atoms with Gasteiger partial charge in [-0.05, 0) is 29.7 Å². The topological polar surface area (TPSA) is 43.8 Å². The van der Waals surface area contributed by atoms with E-state index in [-0.39, 0.29) is 0 Å². The summed E-state index contributed by atoms with van der Waals surface area (Å²) in [5.41, 5.74) is 9.62. The monoisotopic (exact) mass is 251 g/mol. The van der Waals surface area contributed by atoms with Crippen molar-refractivity contribution < 1.29 is 0 Å². The second kappa shape index (κ2) is 4.76. The maximum absolute atomic E-state index is 5.94. The molecule has 19 heavy (non-hydrogen) atoms. The minimum absolute atomic E-state index is 0.598. The summed E-state index contributed by atoms with van der Waals surface area (Å²) < 4.78 is 1.96. The Morgan fingerprint density at radius 2 is 1.68 bits per heavy atom. The molecule has 0 amide bonds. The first-order valence-electron chi connectivity index (χ1n) is 6.57. The van der Waals surface area contributed by atoms with Crippen molar-refractivity contribution >= 4 is 16.7 Å². The Hall–Kier alpha value is -2.29. The number of aryl methyl sites for hydroxylation is 1. The highest BCUT2D eigenvalue weighted by molar-refractivity contribution is 5.89. The standard InChI is InChI=1S/C16H17N3/c1-2-12-7-9-13(10-8-12)11-19-15-6-4-3-5-14(15)16(17)18-19/h3-10H,2,11H2,1H3,(H2,17,18). The molecule has 1 aromatic heterocycles. The summed E-state index contributed by atoms with van der Waals surface area (Å²) in [6.45, 7) is 2.92. The van der Waals surface area contributed by atoms with Gasteiger partial charge in [0, 0.05) is 5.39 Å². The van der Waals surface area contributed by atoms with Crippen molar-refractivity contribution in [3.63, 3.8) is 0 Å². The SMILES string of the molecule is CCc1ccc(Cn2nc(N)c3ccccc32)cc1. The highest BCUT2D eigenvalue weighted by atomic mass is 15.3. The summed E-state index contributed by atoms with van der Waals surface area (Å²) in [4.78, 5) is 0. The van der Waals surface area contributed by atoms with E-state index in [1.165, 1.54) is 11.1 Å². The number of nitrogens with zero attached hydrogens (tertiary/aromatic N) is 2. The number of rotatable bonds is 3. The smallest absolute Gasteiger partial charge is 0.153 e. The van der Waals surface area contributed by atoms with Crippen LogP contribution in [0.25, 0.3) is 10.9 Å². The van der Waals surface area contributed by atoms with Gasteiger partial charge in [0.1, 0.15) is 0 Å². The lowest BCUT2D eigenvalue weighted by molar-refractivity contribution is 0.716. The van der Waals surface area contributed by atoms with Crippen LogP contribution < -0.4 is 5.73 Å². The largest absolute Gasteiger partial charge is 0.382 e. The Morgan fingerprint density at radius 1 is 1.00 bits per heavy atom. The Kier molecular flexibility index (Phi) is 2.95. The van der Waals surface area contributed by atoms with Crippen LogP contribution in [0.2, 0.25) is 0 Å². The fraction of sp³-hybridized carbons (Fsp3) is 0.188. The molecule has 96 valence electrons. The molecule has 2 aromatic carbocycles. The van der Waals surface area contributed by atoms with Gasteiger partial charge in [0.25, 0.3) is 0 Å². The van der Waals surface area contributed by atoms with Crippen LogP contribution in [0.1, 0.15) is 18.1 Å². The Morgan fingerprint density at radius 3 is 2.42 bits per heavy atom. The average Bonchev–Trinajstić information content (AvgIpc) is 2.77. The fourth-order valence-electron chi connectivity index (χ4n) is 2.33. The van der Waals surface area contributed by atoms with E-state index < -0.39 is 0 Å². The van der Waals surface area contributed by atoms with E-state index in [9.17, 15) is 0 Å². The van der Waals surface area contributed by atoms with Crippen LogP contribution >= 0.6 is 0 Å². The lowest BCUT2D eigenvalue weighted by Crippen LogP contribution is -2.02. The molecular formula is C16H17N3. The van der Waals surface area contributed by atoms with Crippen molar-refractivity contribution in [1.29, 1.82) is 0 Å². The fourth-order valence-corrected chi connectivity index (χ4v) is 2.33. The third-order valence-corrected chi connectivity index (χ3v) is 3.45. The summed E-state index contributed by atoms with van der Waals surface area (Å²) in [5, 5.41) is 5.44. The number of nitrogen functional groups attached to an aromatic ring is 1. The molecule has 3 aromatic rings. The average molecular weight is 251 g/mol. The molecule has 0 aliphatic rings. The van der Waals surface area contributed by atoms with Crippen LogP contribution in [0.5, 0.6) is 0 Å². The molecule has 0 bridgehead atoms. The maximum Gasteiger partial charge on any atom is 0.153 e. The molecule has 3 nitrogen and oxygen atoms in total. The van der Waals surface area contributed by atoms with Gasteiger partial charge in [-0.15, -0.1) is 0 Å². The van der Waals surface area contributed by atoms with Crippen molar-refractivity contribution in [3.05, 3.63) is 59.7 Å². The highest BCUT2D eigenvalue weighted by Gasteiger charge is 2.07. The molecule has 0 fully saturated rings. The second-order valence-corrected chi connectivity index (χ2v) is 4.73. The Labute approximate surface area is 112 Å². The summed E-state index contributed by atoms with van der Waals surface area (Å²) >= 11 is 0. The minimum atomic E-state index is 0.598. The molecule has 1 heterocycles. The first kappa shape index (κ1) is 11.8. The van der Waals surface area contributed by atoms with Gasteiger partial charge in [0.05, 0.1) is 12.1 Å². The van der Waals surface area contributed by atoms with Crippen LogP contribution in [-0.2, 0) is 13.0 Å². The third kappa shape index (κ3) is 2.19. The molecule has 3 rings (SSSR count). The minimum Gasteiger partial charge on any atom is -0.382 e. The zero-order valence-corrected chi connectivity index (χ0v) is 11.0. The van der Waals surface area contributed by atoms with Crippen LogP contribution in [0.4, 0.5) is 5.82 Å². The second-order valence-electron chi connectivity index (χ2n) is 4.73. The number of anilines is 1. The number of para-hydroxylation sites is 1. The van der Waals surface area contributed by atoms with Crippen molar-refractivity contribution in [2.75, 3.05) is 5.73 Å². The van der Waals surface area contributed by atoms with Crippen LogP contribution in [-0.4, -0.2) is 9.78 Å². The van der Waals surface area contributed by atoms with Gasteiger partial charge in [0.2, 0.25) is 0 Å². The predicted molar refractivity (Wildman–Crippen MR) is 79.1 cm³/mol. The quantitative estimate of drug-likeness (QED) is 0.776. The Balaban J connectivity index is 1.96. The lowest BCUT2D eigenvalue weighted by atomic mass is 10.1. The zero-order valence-electron chi connectivity index (χ0n) is 11.0. The van der Waals surface area contributed by atoms with Crippen molar-refractivity contribution in [2.24, 2.45) is 0 Å². The van der Waals surface area contributed by atoms with E-state index >= 15 is 0 Å². The van der Waals surface area contributed by atoms with E-state index in [1.54, 1.807) is 0 Å². The van der Waals surface area contributed by atoms with Crippen LogP contribution in [0, 0.1) is 0 Å². The molecule has 0 aliphatic heterocycles. The summed E-state index contributed by atoms with van der Waals surface area (Å²) in [6, 6.07) is 16.7. The number of nitrogens with two attached hydrogens (primary N) is 1. The molecule has 0 aliphatic carbocycles. The maximum atomic E-state index is 5.94. The molecule has 0 atom stereocenters. The molecule has 0 saturated heterocycles. The third-order valence-electron chi connectivity index (χ3n) is 3.45. The first-order chi connectivity index (χ1) is 9.28. The molecule has 0 unspecified atom stereocenters. The van der Waals surface area contributed by atoms with Crippen LogP contribution in [0.3, 0.4) is 0 Å². The van der Waals surface area contributed by atoms with Gasteiger partial charge >= 0.3 is 0 Å². The summed E-state index contributed by atoms with van der Waals surface area (Å²) in [6.07, 6.45) is 1.07. The molecule has 2 N–H and O–H groups in total. The van der Waals surface area contributed by atoms with E-state index in [2.05, 4.69) is 42.4 Å². The molecule has 0 saturated carbocycles. The van der Waals surface area contributed by atoms with Crippen molar-refractivity contribution in [3.8, 4) is 0 Å². The molecule has 0 radical (unpaired) electrons. The van der Waals surface area contributed by atoms with Gasteiger partial charge in [-0.25, -0.2) is 0 Å². The number of benzene rings is 2. The van der Waals surface area contributed by atoms with Crippen molar-refractivity contribution in [1.82, 2.24) is 9.78 Å². The van der Waals surface area contributed by atoms with E-state index in [1.807, 2.05) is 22.9 Å². The van der Waals surface area contributed by atoms with Crippen LogP contribution in [0.15, 0.2) is 48.5 Å². The van der Waals surface area contributed by atoms with Gasteiger partial charge in [-0.3, -0.25) is 4.68 Å². The number of aromatic nitrogens is 2. The summed E-state index contributed by atoms with van der Waals surface area (Å²) in [5.74, 6) is 0.598. The van der Waals surface area contributed by atoms with E-state index in [0.717, 1.165) is 23.9 Å². The van der Waals surface area contributed by atoms with Gasteiger partial charge < -0.3 is 5.73 Å². The Bertz CT molecular complexity index is 696. The molecule has 3 heteroatoms. The highest BCUT2D eigenvalue weighted by Crippen LogP contribution is 2.20. The van der Waals surface area contributed by atoms with Gasteiger partial charge in [-0.1, -0.05) is 43.3 Å². The normalized spacial score (nSPS) is 11.0. The summed E-state index contributed by atoms with van der Waals surface area (Å²) in [7, 11) is 0. The molecule has 0 spiro atoms. The van der Waals surface area contributed by atoms with E-state index in [0.29, 0.717) is 5.82 Å². The zero-order chi connectivity index (χ0) is 13.2. The molecular weight excluding hydrogens is 234 g/mol. The van der Waals surface area contributed by atoms with Gasteiger partial charge in [0.15, 0.2) is 5.82 Å². The predicted octanol–water partition coefficient (Wildman–Crippen LogP) is 3.23. The van der Waals surface area contributed by atoms with Crippen molar-refractivity contribution in [2.45, 2.75) is 19.9 Å². The number of hydrogen-bond donors (Lipinski definition) is 1. The number of fused-ring (bicyclic) bond motifs is 1. The first-order valence-corrected chi connectivity index (χ1v) is 6.57. The lowest BCUT2D eigenvalue weighted by Gasteiger charge is -2.04.